The summed E-state index contributed by atoms with van der Waals surface area (Å²) < 4.78 is 0. The third-order valence-electron chi connectivity index (χ3n) is 1.89. The number of hydrogen-bond donors (Lipinski definition) is 5. The number of alkyl halides is 1. The zero-order valence-corrected chi connectivity index (χ0v) is 9.87. The molecule has 0 aliphatic heterocycles. The summed E-state index contributed by atoms with van der Waals surface area (Å²) in [5.74, 6) is -0.554. The molecule has 0 aliphatic carbocycles. The van der Waals surface area contributed by atoms with Crippen molar-refractivity contribution in [1.82, 2.24) is 5.32 Å². The second-order valence-corrected chi connectivity index (χ2v) is 3.65. The molecule has 0 spiro atoms. The maximum absolute atomic E-state index is 10.9. The fraction of sp³-hybridized carbons (Fsp3) is 0.750. The van der Waals surface area contributed by atoms with Gasteiger partial charge >= 0.3 is 0 Å². The van der Waals surface area contributed by atoms with Gasteiger partial charge in [-0.1, -0.05) is 15.9 Å². The predicted octanol–water partition coefficient (Wildman–Crippen LogP) is -2.86. The molecule has 7 nitrogen and oxygen atoms in total. The van der Waals surface area contributed by atoms with Crippen molar-refractivity contribution < 1.29 is 30.0 Å². The molecule has 0 fully saturated rings. The first-order valence-corrected chi connectivity index (χ1v) is 5.55. The van der Waals surface area contributed by atoms with E-state index in [1.165, 1.54) is 0 Å². The van der Waals surface area contributed by atoms with E-state index in [9.17, 15) is 19.8 Å². The normalized spacial score (nSPS) is 18.3. The van der Waals surface area contributed by atoms with Gasteiger partial charge in [0, 0.05) is 0 Å². The van der Waals surface area contributed by atoms with Crippen LogP contribution < -0.4 is 5.32 Å². The van der Waals surface area contributed by atoms with E-state index in [-0.39, 0.29) is 11.6 Å². The van der Waals surface area contributed by atoms with E-state index in [0.29, 0.717) is 0 Å². The Balaban J connectivity index is 4.45. The van der Waals surface area contributed by atoms with Gasteiger partial charge in [0.25, 0.3) is 0 Å². The van der Waals surface area contributed by atoms with Crippen LogP contribution in [0.15, 0.2) is 0 Å². The van der Waals surface area contributed by atoms with Crippen molar-refractivity contribution in [3.63, 3.8) is 0 Å². The van der Waals surface area contributed by atoms with E-state index in [1.54, 1.807) is 0 Å². The van der Waals surface area contributed by atoms with Crippen molar-refractivity contribution in [2.45, 2.75) is 24.4 Å². The molecular formula is C8H14BrNO6. The van der Waals surface area contributed by atoms with Gasteiger partial charge in [-0.3, -0.25) is 4.79 Å². The van der Waals surface area contributed by atoms with Crippen molar-refractivity contribution in [1.29, 1.82) is 0 Å². The molecule has 0 aromatic rings. The minimum Gasteiger partial charge on any atom is -0.394 e. The zero-order chi connectivity index (χ0) is 12.7. The highest BCUT2D eigenvalue weighted by molar-refractivity contribution is 9.09. The zero-order valence-electron chi connectivity index (χ0n) is 8.28. The standard InChI is InChI=1S/C8H14BrNO6/c9-1-6(14)10-4(2-11)7(15)8(16)5(13)3-12/h2,4-5,7-8,12-13,15-16H,1,3H2,(H,10,14)/t4-,5+,7+,8+/m0/s1. The highest BCUT2D eigenvalue weighted by Crippen LogP contribution is 2.04. The van der Waals surface area contributed by atoms with Crippen molar-refractivity contribution in [3.05, 3.63) is 0 Å². The van der Waals surface area contributed by atoms with Crippen molar-refractivity contribution in [2.75, 3.05) is 11.9 Å². The van der Waals surface area contributed by atoms with E-state index >= 15 is 0 Å². The Labute approximate surface area is 100 Å². The van der Waals surface area contributed by atoms with Gasteiger partial charge in [0.1, 0.15) is 30.6 Å². The first kappa shape index (κ1) is 15.5. The SMILES string of the molecule is O=C[C@H](NC(=O)CBr)[C@@H](O)[C@H](O)[C@H](O)CO. The molecule has 0 unspecified atom stereocenters. The highest BCUT2D eigenvalue weighted by Gasteiger charge is 2.31. The smallest absolute Gasteiger partial charge is 0.231 e. The molecule has 4 atom stereocenters. The number of carbonyl (C=O) groups excluding carboxylic acids is 2. The molecular weight excluding hydrogens is 286 g/mol. The lowest BCUT2D eigenvalue weighted by Crippen LogP contribution is -2.53. The van der Waals surface area contributed by atoms with Crippen molar-refractivity contribution in [2.24, 2.45) is 0 Å². The monoisotopic (exact) mass is 299 g/mol. The van der Waals surface area contributed by atoms with Gasteiger partial charge in [-0.15, -0.1) is 0 Å². The van der Waals surface area contributed by atoms with Crippen LogP contribution in [0.5, 0.6) is 0 Å². The van der Waals surface area contributed by atoms with Gasteiger partial charge in [0.15, 0.2) is 0 Å². The molecule has 0 rings (SSSR count). The van der Waals surface area contributed by atoms with Gasteiger partial charge in [0.05, 0.1) is 11.9 Å². The lowest BCUT2D eigenvalue weighted by atomic mass is 10.0. The van der Waals surface area contributed by atoms with Crippen LogP contribution in [0.25, 0.3) is 0 Å². The van der Waals surface area contributed by atoms with Crippen LogP contribution in [-0.2, 0) is 9.59 Å². The Morgan fingerprint density at radius 1 is 1.31 bits per heavy atom. The summed E-state index contributed by atoms with van der Waals surface area (Å²) in [6, 6.07) is -1.35. The fourth-order valence-corrected chi connectivity index (χ4v) is 1.13. The molecule has 0 aromatic carbocycles. The number of amides is 1. The van der Waals surface area contributed by atoms with E-state index in [1.807, 2.05) is 0 Å². The highest BCUT2D eigenvalue weighted by atomic mass is 79.9. The van der Waals surface area contributed by atoms with Crippen LogP contribution in [0.2, 0.25) is 0 Å². The maximum atomic E-state index is 10.9. The minimum absolute atomic E-state index is 0.0668. The quantitative estimate of drug-likeness (QED) is 0.254. The maximum Gasteiger partial charge on any atom is 0.231 e. The summed E-state index contributed by atoms with van der Waals surface area (Å²) in [7, 11) is 0. The van der Waals surface area contributed by atoms with Crippen LogP contribution in [0.4, 0.5) is 0 Å². The number of rotatable bonds is 7. The van der Waals surface area contributed by atoms with E-state index in [0.717, 1.165) is 0 Å². The Kier molecular flexibility index (Phi) is 7.43. The second-order valence-electron chi connectivity index (χ2n) is 3.09. The molecule has 0 radical (unpaired) electrons. The molecule has 1 amide bonds. The lowest BCUT2D eigenvalue weighted by molar-refractivity contribution is -0.129. The minimum atomic E-state index is -1.73. The average molecular weight is 300 g/mol. The number of aliphatic hydroxyl groups is 4. The Morgan fingerprint density at radius 3 is 2.25 bits per heavy atom. The summed E-state index contributed by atoms with van der Waals surface area (Å²) in [6.07, 6.45) is -4.77. The van der Waals surface area contributed by atoms with Crippen LogP contribution in [0.1, 0.15) is 0 Å². The van der Waals surface area contributed by atoms with Gasteiger partial charge in [-0.25, -0.2) is 0 Å². The summed E-state index contributed by atoms with van der Waals surface area (Å²) in [6.45, 7) is -0.768. The Bertz CT molecular complexity index is 239. The molecule has 0 saturated carbocycles. The first-order chi connectivity index (χ1) is 7.47. The molecule has 0 bridgehead atoms. The van der Waals surface area contributed by atoms with Gasteiger partial charge in [0.2, 0.25) is 5.91 Å². The number of halogens is 1. The van der Waals surface area contributed by atoms with Crippen LogP contribution in [0.3, 0.4) is 0 Å². The largest absolute Gasteiger partial charge is 0.394 e. The number of carbonyl (C=O) groups is 2. The van der Waals surface area contributed by atoms with Crippen LogP contribution >= 0.6 is 15.9 Å². The van der Waals surface area contributed by atoms with E-state index < -0.39 is 36.9 Å². The number of hydrogen-bond acceptors (Lipinski definition) is 6. The summed E-state index contributed by atoms with van der Waals surface area (Å²) >= 11 is 2.84. The topological polar surface area (TPSA) is 127 Å². The van der Waals surface area contributed by atoms with E-state index in [2.05, 4.69) is 21.2 Å². The summed E-state index contributed by atoms with van der Waals surface area (Å²) in [5, 5.41) is 38.4. The molecule has 16 heavy (non-hydrogen) atoms. The lowest BCUT2D eigenvalue weighted by Gasteiger charge is -2.25. The molecule has 0 aromatic heterocycles. The number of aldehydes is 1. The summed E-state index contributed by atoms with van der Waals surface area (Å²) in [5.41, 5.74) is 0. The average Bonchev–Trinajstić information content (AvgIpc) is 2.32. The predicted molar refractivity (Wildman–Crippen MR) is 56.9 cm³/mol. The number of nitrogens with one attached hydrogen (secondary N) is 1. The fourth-order valence-electron chi connectivity index (χ4n) is 0.972. The first-order valence-electron chi connectivity index (χ1n) is 4.43. The third-order valence-corrected chi connectivity index (χ3v) is 2.40. The molecule has 0 aliphatic rings. The molecule has 94 valence electrons. The Morgan fingerprint density at radius 2 is 1.88 bits per heavy atom. The third kappa shape index (κ3) is 4.54. The van der Waals surface area contributed by atoms with Gasteiger partial charge < -0.3 is 30.5 Å². The number of aliphatic hydroxyl groups excluding tert-OH is 4. The van der Waals surface area contributed by atoms with E-state index in [4.69, 9.17) is 10.2 Å². The van der Waals surface area contributed by atoms with Gasteiger partial charge in [-0.05, 0) is 0 Å². The van der Waals surface area contributed by atoms with Crippen LogP contribution in [-0.4, -0.2) is 68.9 Å². The van der Waals surface area contributed by atoms with Gasteiger partial charge in [-0.2, -0.15) is 0 Å². The molecule has 5 N–H and O–H groups in total. The van der Waals surface area contributed by atoms with Crippen LogP contribution in [0, 0.1) is 0 Å². The molecule has 8 heteroatoms. The van der Waals surface area contributed by atoms with Crippen molar-refractivity contribution >= 4 is 28.1 Å². The second kappa shape index (κ2) is 7.69. The molecule has 0 saturated heterocycles. The summed E-state index contributed by atoms with van der Waals surface area (Å²) in [4.78, 5) is 21.5. The van der Waals surface area contributed by atoms with Crippen molar-refractivity contribution in [3.8, 4) is 0 Å². The Hall–Kier alpha value is -0.540. The molecule has 0 heterocycles.